The number of aryl methyl sites for hydroxylation is 1. The van der Waals surface area contributed by atoms with Gasteiger partial charge in [-0.1, -0.05) is 12.1 Å². The minimum absolute atomic E-state index is 0.0390. The van der Waals surface area contributed by atoms with Gasteiger partial charge in [0.05, 0.1) is 35.3 Å². The lowest BCUT2D eigenvalue weighted by atomic mass is 9.86. The van der Waals surface area contributed by atoms with Crippen LogP contribution in [0, 0.1) is 0 Å². The Bertz CT molecular complexity index is 991. The fourth-order valence-electron chi connectivity index (χ4n) is 3.73. The summed E-state index contributed by atoms with van der Waals surface area (Å²) in [5, 5.41) is 0.662. The van der Waals surface area contributed by atoms with Gasteiger partial charge >= 0.3 is 0 Å². The molecule has 5 rings (SSSR count). The van der Waals surface area contributed by atoms with Crippen molar-refractivity contribution < 1.29 is 4.74 Å². The van der Waals surface area contributed by atoms with Crippen molar-refractivity contribution in [3.8, 4) is 11.3 Å². The molecule has 24 heavy (non-hydrogen) atoms. The number of nitrogens with zero attached hydrogens (tertiary/aromatic N) is 3. The third kappa shape index (κ3) is 2.01. The minimum Gasteiger partial charge on any atom is -0.373 e. The van der Waals surface area contributed by atoms with Gasteiger partial charge in [-0.15, -0.1) is 0 Å². The largest absolute Gasteiger partial charge is 0.373 e. The Morgan fingerprint density at radius 2 is 2.08 bits per heavy atom. The maximum absolute atomic E-state index is 12.9. The van der Waals surface area contributed by atoms with Gasteiger partial charge < -0.3 is 4.74 Å². The van der Waals surface area contributed by atoms with E-state index in [1.54, 1.807) is 6.20 Å². The van der Waals surface area contributed by atoms with Crippen LogP contribution in [0.15, 0.2) is 47.4 Å². The molecule has 0 radical (unpaired) electrons. The molecular formula is C19H17N3O2. The molecule has 0 amide bonds. The van der Waals surface area contributed by atoms with Gasteiger partial charge in [0.15, 0.2) is 0 Å². The van der Waals surface area contributed by atoms with Crippen molar-refractivity contribution in [2.45, 2.75) is 31.4 Å². The van der Waals surface area contributed by atoms with E-state index in [0.717, 1.165) is 48.5 Å². The second kappa shape index (κ2) is 4.98. The zero-order valence-corrected chi connectivity index (χ0v) is 13.2. The van der Waals surface area contributed by atoms with Gasteiger partial charge in [-0.3, -0.25) is 14.3 Å². The molecule has 2 aliphatic rings. The molecule has 2 aliphatic heterocycles. The fraction of sp³-hybridized carbons (Fsp3) is 0.316. The topological polar surface area (TPSA) is 57.0 Å². The smallest absolute Gasteiger partial charge is 0.261 e. The Morgan fingerprint density at radius 1 is 1.17 bits per heavy atom. The van der Waals surface area contributed by atoms with Crippen LogP contribution in [0.2, 0.25) is 0 Å². The van der Waals surface area contributed by atoms with Crippen molar-refractivity contribution in [2.24, 2.45) is 0 Å². The van der Waals surface area contributed by atoms with Crippen LogP contribution < -0.4 is 5.56 Å². The molecule has 1 unspecified atom stereocenters. The first-order valence-corrected chi connectivity index (χ1v) is 8.33. The monoisotopic (exact) mass is 319 g/mol. The quantitative estimate of drug-likeness (QED) is 0.692. The summed E-state index contributed by atoms with van der Waals surface area (Å²) in [6, 6.07) is 11.6. The highest BCUT2D eigenvalue weighted by atomic mass is 16.5. The van der Waals surface area contributed by atoms with Gasteiger partial charge in [-0.25, -0.2) is 4.98 Å². The molecule has 1 atom stereocenters. The van der Waals surface area contributed by atoms with Gasteiger partial charge in [0.2, 0.25) is 0 Å². The minimum atomic E-state index is -0.125. The van der Waals surface area contributed by atoms with Crippen LogP contribution in [0.3, 0.4) is 0 Å². The molecule has 1 fully saturated rings. The van der Waals surface area contributed by atoms with Crippen LogP contribution in [0.25, 0.3) is 22.2 Å². The van der Waals surface area contributed by atoms with E-state index >= 15 is 0 Å². The molecule has 2 aromatic heterocycles. The highest BCUT2D eigenvalue weighted by molar-refractivity contribution is 5.83. The molecular weight excluding hydrogens is 302 g/mol. The first-order valence-electron chi connectivity index (χ1n) is 8.33. The van der Waals surface area contributed by atoms with Gasteiger partial charge in [0, 0.05) is 24.6 Å². The molecule has 5 nitrogen and oxygen atoms in total. The molecule has 0 saturated carbocycles. The van der Waals surface area contributed by atoms with E-state index in [1.165, 1.54) is 0 Å². The lowest BCUT2D eigenvalue weighted by Crippen LogP contribution is -2.52. The maximum Gasteiger partial charge on any atom is 0.261 e. The van der Waals surface area contributed by atoms with Crippen LogP contribution in [0.1, 0.15) is 18.7 Å². The Hall–Kier alpha value is -2.53. The number of benzene rings is 1. The van der Waals surface area contributed by atoms with Crippen LogP contribution in [0.5, 0.6) is 0 Å². The standard InChI is InChI=1S/C19H17N3O2/c23-18-14-5-4-13(15-3-1-2-9-20-15)11-16(14)21-17-6-7-19(8-10-24-19)12-22(17)18/h1-5,9,11H,6-8,10,12H2. The summed E-state index contributed by atoms with van der Waals surface area (Å²) in [5.74, 6) is 0.867. The fourth-order valence-corrected chi connectivity index (χ4v) is 3.73. The number of ether oxygens (including phenoxy) is 1. The zero-order chi connectivity index (χ0) is 16.1. The first-order chi connectivity index (χ1) is 11.7. The number of hydrogen-bond acceptors (Lipinski definition) is 4. The van der Waals surface area contributed by atoms with Gasteiger partial charge in [0.1, 0.15) is 5.82 Å². The van der Waals surface area contributed by atoms with Crippen molar-refractivity contribution in [2.75, 3.05) is 6.61 Å². The summed E-state index contributed by atoms with van der Waals surface area (Å²) in [6.45, 7) is 1.44. The van der Waals surface area contributed by atoms with E-state index in [-0.39, 0.29) is 11.2 Å². The summed E-state index contributed by atoms with van der Waals surface area (Å²) in [6.07, 6.45) is 4.55. The Labute approximate surface area is 138 Å². The molecule has 1 aromatic carbocycles. The van der Waals surface area contributed by atoms with E-state index in [2.05, 4.69) is 4.98 Å². The molecule has 0 bridgehead atoms. The lowest BCUT2D eigenvalue weighted by molar-refractivity contribution is -0.166. The van der Waals surface area contributed by atoms with E-state index < -0.39 is 0 Å². The van der Waals surface area contributed by atoms with Gasteiger partial charge in [0.25, 0.3) is 5.56 Å². The maximum atomic E-state index is 12.9. The van der Waals surface area contributed by atoms with Crippen LogP contribution in [-0.2, 0) is 17.7 Å². The number of hydrogen-bond donors (Lipinski definition) is 0. The summed E-state index contributed by atoms with van der Waals surface area (Å²) in [5.41, 5.74) is 2.53. The molecule has 120 valence electrons. The average Bonchev–Trinajstić information content (AvgIpc) is 2.61. The van der Waals surface area contributed by atoms with Crippen molar-refractivity contribution in [1.82, 2.24) is 14.5 Å². The Balaban J connectivity index is 1.65. The van der Waals surface area contributed by atoms with E-state index in [4.69, 9.17) is 9.72 Å². The third-order valence-corrected chi connectivity index (χ3v) is 5.21. The molecule has 0 N–H and O–H groups in total. The molecule has 0 aliphatic carbocycles. The van der Waals surface area contributed by atoms with Gasteiger partial charge in [-0.05, 0) is 30.7 Å². The first kappa shape index (κ1) is 13.9. The molecule has 5 heteroatoms. The van der Waals surface area contributed by atoms with Crippen LogP contribution in [-0.4, -0.2) is 26.7 Å². The van der Waals surface area contributed by atoms with Crippen LogP contribution >= 0.6 is 0 Å². The Morgan fingerprint density at radius 3 is 2.83 bits per heavy atom. The van der Waals surface area contributed by atoms with Gasteiger partial charge in [-0.2, -0.15) is 0 Å². The van der Waals surface area contributed by atoms with Crippen molar-refractivity contribution in [1.29, 1.82) is 0 Å². The highest BCUT2D eigenvalue weighted by Crippen LogP contribution is 2.36. The molecule has 4 heterocycles. The van der Waals surface area contributed by atoms with E-state index in [1.807, 2.05) is 41.0 Å². The summed E-state index contributed by atoms with van der Waals surface area (Å²) in [7, 11) is 0. The highest BCUT2D eigenvalue weighted by Gasteiger charge is 2.42. The van der Waals surface area contributed by atoms with E-state index in [0.29, 0.717) is 11.9 Å². The van der Waals surface area contributed by atoms with Crippen molar-refractivity contribution >= 4 is 10.9 Å². The Kier molecular flexibility index (Phi) is 2.88. The molecule has 1 spiro atoms. The summed E-state index contributed by atoms with van der Waals surface area (Å²) >= 11 is 0. The summed E-state index contributed by atoms with van der Waals surface area (Å²) < 4.78 is 7.58. The average molecular weight is 319 g/mol. The molecule has 3 aromatic rings. The normalized spacial score (nSPS) is 22.3. The second-order valence-corrected chi connectivity index (χ2v) is 6.65. The van der Waals surface area contributed by atoms with Crippen LogP contribution in [0.4, 0.5) is 0 Å². The van der Waals surface area contributed by atoms with Crippen molar-refractivity contribution in [3.63, 3.8) is 0 Å². The van der Waals surface area contributed by atoms with E-state index in [9.17, 15) is 4.79 Å². The third-order valence-electron chi connectivity index (χ3n) is 5.21. The predicted molar refractivity (Wildman–Crippen MR) is 90.9 cm³/mol. The number of aromatic nitrogens is 3. The number of pyridine rings is 1. The zero-order valence-electron chi connectivity index (χ0n) is 13.2. The lowest BCUT2D eigenvalue weighted by Gasteiger charge is -2.45. The summed E-state index contributed by atoms with van der Waals surface area (Å²) in [4.78, 5) is 22.0. The number of fused-ring (bicyclic) bond motifs is 2. The van der Waals surface area contributed by atoms with Crippen molar-refractivity contribution in [3.05, 3.63) is 58.8 Å². The second-order valence-electron chi connectivity index (χ2n) is 6.65. The SMILES string of the molecule is O=c1c2ccc(-c3ccccn3)cc2nc2n1CC1(CCO1)CC2. The predicted octanol–water partition coefficient (Wildman–Crippen LogP) is 2.56. The number of rotatable bonds is 1. The molecule has 1 saturated heterocycles.